The van der Waals surface area contributed by atoms with Gasteiger partial charge in [0, 0.05) is 28.9 Å². The third-order valence-corrected chi connectivity index (χ3v) is 4.09. The number of fused-ring (bicyclic) bond motifs is 1. The molecule has 0 saturated heterocycles. The summed E-state index contributed by atoms with van der Waals surface area (Å²) in [5.41, 5.74) is 0.569. The van der Waals surface area contributed by atoms with Gasteiger partial charge in [0.2, 0.25) is 0 Å². The van der Waals surface area contributed by atoms with E-state index in [0.717, 1.165) is 0 Å². The Hall–Kier alpha value is -1.53. The lowest BCUT2D eigenvalue weighted by atomic mass is 10.2. The molecule has 0 radical (unpaired) electrons. The molecule has 0 bridgehead atoms. The molecule has 1 heterocycles. The Morgan fingerprint density at radius 3 is 2.95 bits per heavy atom. The van der Waals surface area contributed by atoms with Crippen molar-refractivity contribution in [2.45, 2.75) is 13.5 Å². The minimum atomic E-state index is -0.766. The smallest absolute Gasteiger partial charge is 0.258 e. The molecule has 1 aromatic carbocycles. The van der Waals surface area contributed by atoms with Crippen LogP contribution in [0.3, 0.4) is 0 Å². The van der Waals surface area contributed by atoms with E-state index in [9.17, 15) is 9.00 Å². The fraction of sp³-hybridized carbons (Fsp3) is 0.385. The molecule has 0 fully saturated rings. The van der Waals surface area contributed by atoms with Crippen LogP contribution in [0.4, 0.5) is 0 Å². The van der Waals surface area contributed by atoms with Gasteiger partial charge in [-0.15, -0.1) is 0 Å². The Bertz CT molecular complexity index is 639. The van der Waals surface area contributed by atoms with Crippen molar-refractivity contribution < 1.29 is 4.21 Å². The van der Waals surface area contributed by atoms with Gasteiger partial charge in [-0.25, -0.2) is 4.98 Å². The van der Waals surface area contributed by atoms with Gasteiger partial charge in [-0.1, -0.05) is 19.1 Å². The maximum atomic E-state index is 11.8. The molecule has 6 heteroatoms. The van der Waals surface area contributed by atoms with E-state index in [1.54, 1.807) is 6.07 Å². The van der Waals surface area contributed by atoms with Crippen molar-refractivity contribution in [3.8, 4) is 0 Å². The lowest BCUT2D eigenvalue weighted by molar-refractivity contribution is 0.666. The van der Waals surface area contributed by atoms with E-state index in [1.807, 2.05) is 25.1 Å². The summed E-state index contributed by atoms with van der Waals surface area (Å²) in [5, 5.41) is 3.73. The van der Waals surface area contributed by atoms with Gasteiger partial charge in [0.05, 0.1) is 17.4 Å². The molecule has 102 valence electrons. The summed E-state index contributed by atoms with van der Waals surface area (Å²) >= 11 is 0. The molecule has 0 aliphatic heterocycles. The molecular weight excluding hydrogens is 262 g/mol. The predicted molar refractivity (Wildman–Crippen MR) is 77.6 cm³/mol. The molecule has 0 spiro atoms. The summed E-state index contributed by atoms with van der Waals surface area (Å²) in [5.74, 6) is 1.90. The lowest BCUT2D eigenvalue weighted by Crippen LogP contribution is -2.23. The molecular formula is C13H17N3O2S. The molecule has 0 aliphatic carbocycles. The van der Waals surface area contributed by atoms with E-state index >= 15 is 0 Å². The van der Waals surface area contributed by atoms with Gasteiger partial charge >= 0.3 is 0 Å². The highest BCUT2D eigenvalue weighted by atomic mass is 32.2. The monoisotopic (exact) mass is 279 g/mol. The standard InChI is InChI=1S/C13H17N3O2S/c1-2-19(18)8-7-14-9-12-15-11-6-4-3-5-10(11)13(17)16-12/h3-6,14H,2,7-9H2,1H3,(H,15,16,17). The number of hydrogen-bond acceptors (Lipinski definition) is 4. The number of nitrogens with one attached hydrogen (secondary N) is 2. The zero-order chi connectivity index (χ0) is 13.7. The van der Waals surface area contributed by atoms with Gasteiger partial charge in [0.1, 0.15) is 5.82 Å². The van der Waals surface area contributed by atoms with Crippen molar-refractivity contribution in [1.29, 1.82) is 0 Å². The predicted octanol–water partition coefficient (Wildman–Crippen LogP) is 0.781. The van der Waals surface area contributed by atoms with Gasteiger partial charge in [0.15, 0.2) is 0 Å². The Kier molecular flexibility index (Phi) is 4.81. The SMILES string of the molecule is CCS(=O)CCNCc1nc2ccccc2c(=O)[nH]1. The largest absolute Gasteiger partial charge is 0.309 e. The highest BCUT2D eigenvalue weighted by Crippen LogP contribution is 2.05. The summed E-state index contributed by atoms with van der Waals surface area (Å²) in [4.78, 5) is 18.9. The Morgan fingerprint density at radius 1 is 1.37 bits per heavy atom. The second-order valence-corrected chi connectivity index (χ2v) is 6.00. The number of nitrogens with zero attached hydrogens (tertiary/aromatic N) is 1. The van der Waals surface area contributed by atoms with Crippen LogP contribution in [0.15, 0.2) is 29.1 Å². The first-order valence-corrected chi connectivity index (χ1v) is 7.73. The van der Waals surface area contributed by atoms with Crippen LogP contribution in [0.2, 0.25) is 0 Å². The van der Waals surface area contributed by atoms with Crippen LogP contribution < -0.4 is 10.9 Å². The minimum Gasteiger partial charge on any atom is -0.309 e. The summed E-state index contributed by atoms with van der Waals surface area (Å²) in [7, 11) is -0.766. The molecule has 19 heavy (non-hydrogen) atoms. The molecule has 0 aliphatic rings. The fourth-order valence-corrected chi connectivity index (χ4v) is 2.42. The van der Waals surface area contributed by atoms with Crippen molar-refractivity contribution in [3.05, 3.63) is 40.4 Å². The molecule has 1 unspecified atom stereocenters. The van der Waals surface area contributed by atoms with E-state index < -0.39 is 10.8 Å². The second kappa shape index (κ2) is 6.58. The summed E-state index contributed by atoms with van der Waals surface area (Å²) in [6.45, 7) is 3.02. The zero-order valence-electron chi connectivity index (χ0n) is 10.8. The van der Waals surface area contributed by atoms with Gasteiger partial charge in [-0.3, -0.25) is 9.00 Å². The van der Waals surface area contributed by atoms with Gasteiger partial charge in [0.25, 0.3) is 5.56 Å². The van der Waals surface area contributed by atoms with E-state index in [1.165, 1.54) is 0 Å². The summed E-state index contributed by atoms with van der Waals surface area (Å²) in [6, 6.07) is 7.25. The number of benzene rings is 1. The number of hydrogen-bond donors (Lipinski definition) is 2. The first kappa shape index (κ1) is 13.9. The second-order valence-electron chi connectivity index (χ2n) is 4.14. The zero-order valence-corrected chi connectivity index (χ0v) is 11.6. The highest BCUT2D eigenvalue weighted by Gasteiger charge is 2.03. The number of para-hydroxylation sites is 1. The highest BCUT2D eigenvalue weighted by molar-refractivity contribution is 7.84. The average Bonchev–Trinajstić information content (AvgIpc) is 2.43. The van der Waals surface area contributed by atoms with Crippen LogP contribution in [-0.4, -0.2) is 32.2 Å². The quantitative estimate of drug-likeness (QED) is 0.766. The van der Waals surface area contributed by atoms with Crippen LogP contribution in [-0.2, 0) is 17.3 Å². The number of H-pyrrole nitrogens is 1. The molecule has 1 aromatic heterocycles. The third-order valence-electron chi connectivity index (χ3n) is 2.78. The summed E-state index contributed by atoms with van der Waals surface area (Å²) < 4.78 is 11.2. The van der Waals surface area contributed by atoms with E-state index in [2.05, 4.69) is 15.3 Å². The van der Waals surface area contributed by atoms with E-state index in [4.69, 9.17) is 0 Å². The molecule has 2 rings (SSSR count). The molecule has 5 nitrogen and oxygen atoms in total. The molecule has 0 saturated carbocycles. The van der Waals surface area contributed by atoms with Gasteiger partial charge < -0.3 is 10.3 Å². The van der Waals surface area contributed by atoms with Crippen molar-refractivity contribution in [3.63, 3.8) is 0 Å². The lowest BCUT2D eigenvalue weighted by Gasteiger charge is -2.05. The van der Waals surface area contributed by atoms with Crippen LogP contribution in [0.25, 0.3) is 10.9 Å². The minimum absolute atomic E-state index is 0.125. The normalized spacial score (nSPS) is 12.7. The summed E-state index contributed by atoms with van der Waals surface area (Å²) in [6.07, 6.45) is 0. The van der Waals surface area contributed by atoms with Crippen molar-refractivity contribution >= 4 is 21.7 Å². The van der Waals surface area contributed by atoms with Crippen molar-refractivity contribution in [2.24, 2.45) is 0 Å². The molecule has 2 aromatic rings. The first-order valence-electron chi connectivity index (χ1n) is 6.24. The average molecular weight is 279 g/mol. The van der Waals surface area contributed by atoms with Gasteiger partial charge in [-0.2, -0.15) is 0 Å². The maximum Gasteiger partial charge on any atom is 0.258 e. The van der Waals surface area contributed by atoms with Crippen molar-refractivity contribution in [1.82, 2.24) is 15.3 Å². The first-order chi connectivity index (χ1) is 9.20. The van der Waals surface area contributed by atoms with Crippen molar-refractivity contribution in [2.75, 3.05) is 18.1 Å². The van der Waals surface area contributed by atoms with Crippen LogP contribution in [0, 0.1) is 0 Å². The molecule has 2 N–H and O–H groups in total. The topological polar surface area (TPSA) is 74.8 Å². The van der Waals surface area contributed by atoms with E-state index in [-0.39, 0.29) is 5.56 Å². The number of rotatable bonds is 6. The van der Waals surface area contributed by atoms with Crippen LogP contribution in [0.1, 0.15) is 12.7 Å². The maximum absolute atomic E-state index is 11.8. The van der Waals surface area contributed by atoms with E-state index in [0.29, 0.717) is 41.3 Å². The van der Waals surface area contributed by atoms with Crippen LogP contribution in [0.5, 0.6) is 0 Å². The Morgan fingerprint density at radius 2 is 2.16 bits per heavy atom. The Balaban J connectivity index is 2.02. The number of aromatic amines is 1. The number of aromatic nitrogens is 2. The Labute approximate surface area is 113 Å². The molecule has 0 amide bonds. The van der Waals surface area contributed by atoms with Crippen LogP contribution >= 0.6 is 0 Å². The molecule has 1 atom stereocenters. The third kappa shape index (κ3) is 3.71. The van der Waals surface area contributed by atoms with Gasteiger partial charge in [-0.05, 0) is 12.1 Å². The fourth-order valence-electron chi connectivity index (χ4n) is 1.76.